The summed E-state index contributed by atoms with van der Waals surface area (Å²) in [6.07, 6.45) is 3.38. The van der Waals surface area contributed by atoms with Crippen LogP contribution in [0.4, 0.5) is 0 Å². The predicted octanol–water partition coefficient (Wildman–Crippen LogP) is 1.46. The van der Waals surface area contributed by atoms with E-state index >= 15 is 0 Å². The van der Waals surface area contributed by atoms with Gasteiger partial charge < -0.3 is 10.5 Å². The van der Waals surface area contributed by atoms with Gasteiger partial charge in [-0.3, -0.25) is 0 Å². The summed E-state index contributed by atoms with van der Waals surface area (Å²) < 4.78 is 7.47. The first kappa shape index (κ1) is 12.5. The molecule has 2 N–H and O–H groups in total. The monoisotopic (exact) mass is 238 g/mol. The largest absolute Gasteiger partial charge is 0.375 e. The fourth-order valence-electron chi connectivity index (χ4n) is 2.26. The van der Waals surface area contributed by atoms with Crippen LogP contribution in [0.5, 0.6) is 0 Å². The van der Waals surface area contributed by atoms with E-state index in [1.54, 1.807) is 7.11 Å². The molecule has 1 aliphatic carbocycles. The Morgan fingerprint density at radius 3 is 2.71 bits per heavy atom. The van der Waals surface area contributed by atoms with E-state index in [1.807, 2.05) is 11.6 Å². The van der Waals surface area contributed by atoms with E-state index in [9.17, 15) is 0 Å². The fraction of sp³-hybridized carbons (Fsp3) is 0.833. The van der Waals surface area contributed by atoms with Crippen LogP contribution >= 0.6 is 0 Å². The van der Waals surface area contributed by atoms with Gasteiger partial charge in [0.2, 0.25) is 0 Å². The number of hydrogen-bond donors (Lipinski definition) is 1. The number of nitrogens with zero attached hydrogens (tertiary/aromatic N) is 3. The number of nitrogens with two attached hydrogens (primary N) is 1. The summed E-state index contributed by atoms with van der Waals surface area (Å²) in [5, 5.41) is 8.56. The molecule has 0 spiro atoms. The number of rotatable bonds is 6. The van der Waals surface area contributed by atoms with E-state index in [4.69, 9.17) is 10.5 Å². The molecule has 1 aromatic heterocycles. The van der Waals surface area contributed by atoms with Gasteiger partial charge >= 0.3 is 0 Å². The second kappa shape index (κ2) is 5.14. The highest BCUT2D eigenvalue weighted by molar-refractivity contribution is 5.15. The minimum absolute atomic E-state index is 0.0211. The van der Waals surface area contributed by atoms with Crippen molar-refractivity contribution in [2.75, 3.05) is 13.7 Å². The van der Waals surface area contributed by atoms with Gasteiger partial charge in [0.15, 0.2) is 0 Å². The summed E-state index contributed by atoms with van der Waals surface area (Å²) in [5.41, 5.74) is 7.69. The number of hydrogen-bond acceptors (Lipinski definition) is 4. The minimum Gasteiger partial charge on any atom is -0.375 e. The maximum atomic E-state index is 5.61. The van der Waals surface area contributed by atoms with Gasteiger partial charge in [0, 0.05) is 13.5 Å². The zero-order chi connectivity index (χ0) is 12.4. The van der Waals surface area contributed by atoms with E-state index in [-0.39, 0.29) is 6.10 Å². The van der Waals surface area contributed by atoms with Crippen molar-refractivity contribution in [3.8, 4) is 0 Å². The highest BCUT2D eigenvalue weighted by atomic mass is 16.5. The lowest BCUT2D eigenvalue weighted by molar-refractivity contribution is 0.108. The molecule has 0 saturated heterocycles. The molecule has 2 rings (SSSR count). The second-order valence-corrected chi connectivity index (χ2v) is 4.86. The molecule has 0 aromatic carbocycles. The smallest absolute Gasteiger partial charge is 0.0979 e. The van der Waals surface area contributed by atoms with Crippen LogP contribution in [0.1, 0.15) is 50.2 Å². The number of methoxy groups -OCH3 is 1. The Balaban J connectivity index is 2.29. The van der Waals surface area contributed by atoms with Gasteiger partial charge in [0.05, 0.1) is 23.5 Å². The van der Waals surface area contributed by atoms with Crippen LogP contribution in [0.3, 0.4) is 0 Å². The van der Waals surface area contributed by atoms with Crippen molar-refractivity contribution in [2.45, 2.75) is 45.3 Å². The van der Waals surface area contributed by atoms with Crippen molar-refractivity contribution < 1.29 is 4.74 Å². The molecule has 17 heavy (non-hydrogen) atoms. The fourth-order valence-corrected chi connectivity index (χ4v) is 2.26. The van der Waals surface area contributed by atoms with E-state index < -0.39 is 0 Å². The molecule has 96 valence electrons. The molecular formula is C12H22N4O. The van der Waals surface area contributed by atoms with Crippen molar-refractivity contribution in [2.24, 2.45) is 11.7 Å². The van der Waals surface area contributed by atoms with Gasteiger partial charge in [-0.2, -0.15) is 0 Å². The second-order valence-electron chi connectivity index (χ2n) is 4.86. The lowest BCUT2D eigenvalue weighted by Gasteiger charge is -2.18. The molecule has 1 heterocycles. The molecule has 2 unspecified atom stereocenters. The normalized spacial score (nSPS) is 19.3. The first-order chi connectivity index (χ1) is 8.19. The summed E-state index contributed by atoms with van der Waals surface area (Å²) in [4.78, 5) is 0. The molecule has 2 atom stereocenters. The Morgan fingerprint density at radius 2 is 2.18 bits per heavy atom. The van der Waals surface area contributed by atoms with E-state index in [0.29, 0.717) is 12.6 Å². The summed E-state index contributed by atoms with van der Waals surface area (Å²) in [6, 6.07) is 0.418. The zero-order valence-electron chi connectivity index (χ0n) is 10.9. The Hall–Kier alpha value is -0.940. The van der Waals surface area contributed by atoms with Crippen LogP contribution in [-0.4, -0.2) is 28.6 Å². The van der Waals surface area contributed by atoms with Crippen molar-refractivity contribution in [3.63, 3.8) is 0 Å². The third-order valence-corrected chi connectivity index (χ3v) is 3.61. The molecule has 5 nitrogen and oxygen atoms in total. The maximum Gasteiger partial charge on any atom is 0.0979 e. The van der Waals surface area contributed by atoms with Crippen molar-refractivity contribution in [1.82, 2.24) is 15.0 Å². The van der Waals surface area contributed by atoms with Crippen molar-refractivity contribution in [3.05, 3.63) is 11.4 Å². The molecule has 0 bridgehead atoms. The SMILES string of the molecule is COC(C)c1c(CCN)nnn1C(C)C1CC1. The van der Waals surface area contributed by atoms with Gasteiger partial charge in [-0.05, 0) is 39.2 Å². The zero-order valence-corrected chi connectivity index (χ0v) is 10.9. The number of aromatic nitrogens is 3. The predicted molar refractivity (Wildman–Crippen MR) is 65.6 cm³/mol. The summed E-state index contributed by atoms with van der Waals surface area (Å²) >= 11 is 0. The molecule has 0 radical (unpaired) electrons. The first-order valence-corrected chi connectivity index (χ1v) is 6.35. The Kier molecular flexibility index (Phi) is 3.79. The van der Waals surface area contributed by atoms with Crippen LogP contribution in [0.15, 0.2) is 0 Å². The van der Waals surface area contributed by atoms with E-state index in [1.165, 1.54) is 12.8 Å². The van der Waals surface area contributed by atoms with Crippen molar-refractivity contribution in [1.29, 1.82) is 0 Å². The third kappa shape index (κ3) is 2.50. The Bertz CT molecular complexity index is 373. The highest BCUT2D eigenvalue weighted by Gasteiger charge is 2.32. The van der Waals surface area contributed by atoms with Crippen molar-refractivity contribution >= 4 is 0 Å². The first-order valence-electron chi connectivity index (χ1n) is 6.35. The van der Waals surface area contributed by atoms with Gasteiger partial charge in [-0.15, -0.1) is 5.10 Å². The molecule has 0 amide bonds. The van der Waals surface area contributed by atoms with E-state index in [0.717, 1.165) is 23.7 Å². The highest BCUT2D eigenvalue weighted by Crippen LogP contribution is 2.40. The van der Waals surface area contributed by atoms with Gasteiger partial charge in [-0.25, -0.2) is 4.68 Å². The lowest BCUT2D eigenvalue weighted by Crippen LogP contribution is -2.16. The van der Waals surface area contributed by atoms with Crippen LogP contribution < -0.4 is 5.73 Å². The molecule has 1 fully saturated rings. The maximum absolute atomic E-state index is 5.61. The molecular weight excluding hydrogens is 216 g/mol. The summed E-state index contributed by atoms with van der Waals surface area (Å²) in [7, 11) is 1.72. The molecule has 1 aliphatic rings. The topological polar surface area (TPSA) is 66.0 Å². The Labute approximate surface area is 102 Å². The minimum atomic E-state index is 0.0211. The Morgan fingerprint density at radius 1 is 1.47 bits per heavy atom. The average molecular weight is 238 g/mol. The molecule has 5 heteroatoms. The third-order valence-electron chi connectivity index (χ3n) is 3.61. The quantitative estimate of drug-likeness (QED) is 0.814. The lowest BCUT2D eigenvalue weighted by atomic mass is 10.1. The van der Waals surface area contributed by atoms with Crippen LogP contribution in [0.2, 0.25) is 0 Å². The van der Waals surface area contributed by atoms with Gasteiger partial charge in [0.1, 0.15) is 0 Å². The van der Waals surface area contributed by atoms with Gasteiger partial charge in [-0.1, -0.05) is 5.21 Å². The molecule has 1 saturated carbocycles. The van der Waals surface area contributed by atoms with Crippen LogP contribution in [-0.2, 0) is 11.2 Å². The molecule has 0 aliphatic heterocycles. The van der Waals surface area contributed by atoms with Crippen LogP contribution in [0, 0.1) is 5.92 Å². The standard InChI is InChI=1S/C12H22N4O/c1-8(10-4-5-10)16-12(9(2)17-3)11(6-7-13)14-15-16/h8-10H,4-7,13H2,1-3H3. The molecule has 1 aromatic rings. The van der Waals surface area contributed by atoms with E-state index in [2.05, 4.69) is 17.2 Å². The average Bonchev–Trinajstić information content (AvgIpc) is 3.09. The summed E-state index contributed by atoms with van der Waals surface area (Å²) in [5.74, 6) is 0.755. The van der Waals surface area contributed by atoms with Gasteiger partial charge in [0.25, 0.3) is 0 Å². The van der Waals surface area contributed by atoms with Crippen LogP contribution in [0.25, 0.3) is 0 Å². The summed E-state index contributed by atoms with van der Waals surface area (Å²) in [6.45, 7) is 4.85. The number of ether oxygens (including phenoxy) is 1.